The molecule has 1 N–H and O–H groups in total. The van der Waals surface area contributed by atoms with Crippen LogP contribution in [0.15, 0.2) is 54.3 Å². The molecule has 0 aliphatic carbocycles. The second kappa shape index (κ2) is 11.8. The van der Waals surface area contributed by atoms with E-state index in [1.165, 1.54) is 19.1 Å². The lowest BCUT2D eigenvalue weighted by Gasteiger charge is -2.20. The molecule has 0 bridgehead atoms. The molecule has 1 aliphatic heterocycles. The first kappa shape index (κ1) is 24.0. The first-order valence-corrected chi connectivity index (χ1v) is 9.97. The second-order valence-corrected chi connectivity index (χ2v) is 7.20. The van der Waals surface area contributed by atoms with Gasteiger partial charge in [0.1, 0.15) is 24.4 Å². The maximum Gasteiger partial charge on any atom is 0.330 e. The van der Waals surface area contributed by atoms with Crippen LogP contribution in [0.5, 0.6) is 0 Å². The predicted octanol–water partition coefficient (Wildman–Crippen LogP) is 2.53. The number of cyclic esters (lactones) is 3. The van der Waals surface area contributed by atoms with E-state index in [1.54, 1.807) is 38.3 Å². The van der Waals surface area contributed by atoms with Crippen molar-refractivity contribution in [1.29, 1.82) is 0 Å². The average Bonchev–Trinajstić information content (AvgIpc) is 2.71. The number of nitrogens with zero attached hydrogens (tertiary/aromatic N) is 1. The van der Waals surface area contributed by atoms with Crippen molar-refractivity contribution in [3.8, 4) is 0 Å². The van der Waals surface area contributed by atoms with Crippen molar-refractivity contribution in [2.45, 2.75) is 58.0 Å². The number of esters is 3. The van der Waals surface area contributed by atoms with Gasteiger partial charge >= 0.3 is 17.9 Å². The molecule has 0 amide bonds. The fraction of sp³-hybridized carbons (Fsp3) is 0.391. The van der Waals surface area contributed by atoms with Gasteiger partial charge in [0.05, 0.1) is 12.1 Å². The van der Waals surface area contributed by atoms with E-state index in [4.69, 9.17) is 14.2 Å². The Morgan fingerprint density at radius 3 is 2.55 bits per heavy atom. The Hall–Kier alpha value is -3.26. The third-order valence-corrected chi connectivity index (χ3v) is 4.43. The van der Waals surface area contributed by atoms with E-state index in [9.17, 15) is 19.5 Å². The molecule has 2 rings (SSSR count). The summed E-state index contributed by atoms with van der Waals surface area (Å²) in [5, 5.41) is 10.0. The van der Waals surface area contributed by atoms with Crippen molar-refractivity contribution in [3.05, 3.63) is 60.0 Å². The van der Waals surface area contributed by atoms with Gasteiger partial charge in [-0.25, -0.2) is 9.59 Å². The van der Waals surface area contributed by atoms with Gasteiger partial charge in [0.25, 0.3) is 0 Å². The molecule has 0 saturated heterocycles. The summed E-state index contributed by atoms with van der Waals surface area (Å²) < 4.78 is 15.8. The minimum atomic E-state index is -1.19. The molecule has 0 spiro atoms. The predicted molar refractivity (Wildman–Crippen MR) is 112 cm³/mol. The molecule has 1 unspecified atom stereocenters. The zero-order valence-corrected chi connectivity index (χ0v) is 17.8. The van der Waals surface area contributed by atoms with E-state index in [1.807, 2.05) is 12.1 Å². The van der Waals surface area contributed by atoms with Gasteiger partial charge in [-0.15, -0.1) is 0 Å². The molecule has 0 radical (unpaired) electrons. The molecule has 8 nitrogen and oxygen atoms in total. The third-order valence-electron chi connectivity index (χ3n) is 4.43. The van der Waals surface area contributed by atoms with E-state index in [2.05, 4.69) is 4.98 Å². The number of carbonyl (C=O) groups excluding carboxylic acids is 3. The van der Waals surface area contributed by atoms with Crippen LogP contribution < -0.4 is 0 Å². The van der Waals surface area contributed by atoms with Gasteiger partial charge < -0.3 is 19.3 Å². The van der Waals surface area contributed by atoms with Crippen LogP contribution in [0.4, 0.5) is 0 Å². The lowest BCUT2D eigenvalue weighted by atomic mass is 10.1. The van der Waals surface area contributed by atoms with E-state index >= 15 is 0 Å². The van der Waals surface area contributed by atoms with Crippen LogP contribution in [-0.2, 0) is 28.6 Å². The second-order valence-electron chi connectivity index (χ2n) is 7.20. The molecular formula is C23H27NO7. The van der Waals surface area contributed by atoms with Gasteiger partial charge in [-0.2, -0.15) is 0 Å². The number of ether oxygens (including phenoxy) is 3. The van der Waals surface area contributed by atoms with Crippen LogP contribution in [-0.4, -0.2) is 52.4 Å². The zero-order valence-electron chi connectivity index (χ0n) is 17.8. The van der Waals surface area contributed by atoms with Crippen LogP contribution in [0, 0.1) is 0 Å². The first-order valence-electron chi connectivity index (χ1n) is 9.97. The van der Waals surface area contributed by atoms with Crippen molar-refractivity contribution in [3.63, 3.8) is 0 Å². The molecule has 2 heterocycles. The number of carbonyl (C=O) groups is 3. The van der Waals surface area contributed by atoms with Crippen LogP contribution in [0.2, 0.25) is 0 Å². The molecule has 0 fully saturated rings. The molecule has 0 saturated carbocycles. The fourth-order valence-electron chi connectivity index (χ4n) is 2.75. The maximum absolute atomic E-state index is 12.4. The number of hydrogen-bond donors (Lipinski definition) is 1. The third kappa shape index (κ3) is 8.55. The summed E-state index contributed by atoms with van der Waals surface area (Å²) >= 11 is 0. The van der Waals surface area contributed by atoms with Crippen molar-refractivity contribution in [2.24, 2.45) is 0 Å². The zero-order chi connectivity index (χ0) is 22.8. The first-order chi connectivity index (χ1) is 14.7. The van der Waals surface area contributed by atoms with E-state index in [0.717, 1.165) is 11.6 Å². The summed E-state index contributed by atoms with van der Waals surface area (Å²) in [4.78, 5) is 40.5. The normalized spacial score (nSPS) is 28.8. The molecule has 31 heavy (non-hydrogen) atoms. The number of aliphatic hydroxyl groups is 1. The molecule has 1 aliphatic rings. The Kier molecular flexibility index (Phi) is 9.14. The standard InChI is InChI=1S/C23H27NO7/c1-15(13-18-7-4-5-12-24-18)20-8-6-9-21(26)30-17(3)19(25)10-11-22(27)29-16(2)14-23(28)31-20/h4-7,9-13,16-17,19-20,25H,8,14H2,1-3H3/b9-6+,11-10+,15-13+/t16-,17-,19+,20?/m0/s1. The number of aliphatic hydroxyl groups excluding tert-OH is 1. The molecule has 8 heteroatoms. The number of hydrogen-bond acceptors (Lipinski definition) is 8. The largest absolute Gasteiger partial charge is 0.459 e. The van der Waals surface area contributed by atoms with Gasteiger partial charge in [0, 0.05) is 24.8 Å². The van der Waals surface area contributed by atoms with E-state index in [0.29, 0.717) is 5.69 Å². The fourth-order valence-corrected chi connectivity index (χ4v) is 2.75. The SMILES string of the molecule is C/C(=C\c1ccccn1)C1C/C=C/C(=O)O[C@@H](C)[C@H](O)/C=C/C(=O)O[C@@H](C)CC(=O)O1. The maximum atomic E-state index is 12.4. The molecule has 166 valence electrons. The van der Waals surface area contributed by atoms with E-state index in [-0.39, 0.29) is 12.8 Å². The van der Waals surface area contributed by atoms with Crippen molar-refractivity contribution >= 4 is 24.0 Å². The molecular weight excluding hydrogens is 402 g/mol. The van der Waals surface area contributed by atoms with Crippen molar-refractivity contribution in [1.82, 2.24) is 4.98 Å². The Balaban J connectivity index is 2.23. The molecule has 1 aromatic heterocycles. The lowest BCUT2D eigenvalue weighted by Crippen LogP contribution is -2.27. The van der Waals surface area contributed by atoms with Crippen LogP contribution in [0.3, 0.4) is 0 Å². The molecule has 1 aromatic rings. The minimum Gasteiger partial charge on any atom is -0.459 e. The summed E-state index contributed by atoms with van der Waals surface area (Å²) in [6.07, 6.45) is 5.04. The average molecular weight is 429 g/mol. The van der Waals surface area contributed by atoms with Gasteiger partial charge in [0.2, 0.25) is 0 Å². The summed E-state index contributed by atoms with van der Waals surface area (Å²) in [7, 11) is 0. The van der Waals surface area contributed by atoms with Gasteiger partial charge in [-0.3, -0.25) is 9.78 Å². The quantitative estimate of drug-likeness (QED) is 0.564. The summed E-state index contributed by atoms with van der Waals surface area (Å²) in [5.41, 5.74) is 1.42. The van der Waals surface area contributed by atoms with Crippen molar-refractivity contribution in [2.75, 3.05) is 0 Å². The summed E-state index contributed by atoms with van der Waals surface area (Å²) in [6.45, 7) is 4.87. The van der Waals surface area contributed by atoms with Gasteiger partial charge in [-0.1, -0.05) is 12.1 Å². The number of rotatable bonds is 2. The Labute approximate surface area is 181 Å². The Bertz CT molecular complexity index is 860. The lowest BCUT2D eigenvalue weighted by molar-refractivity contribution is -0.153. The topological polar surface area (TPSA) is 112 Å². The van der Waals surface area contributed by atoms with Gasteiger partial charge in [-0.05, 0) is 50.6 Å². The molecule has 4 atom stereocenters. The minimum absolute atomic E-state index is 0.141. The number of aromatic nitrogens is 1. The van der Waals surface area contributed by atoms with Crippen LogP contribution >= 0.6 is 0 Å². The smallest absolute Gasteiger partial charge is 0.330 e. The summed E-state index contributed by atoms with van der Waals surface area (Å²) in [6, 6.07) is 5.45. The van der Waals surface area contributed by atoms with Crippen LogP contribution in [0.1, 0.15) is 39.3 Å². The monoisotopic (exact) mass is 429 g/mol. The Morgan fingerprint density at radius 1 is 1.10 bits per heavy atom. The highest BCUT2D eigenvalue weighted by atomic mass is 16.6. The highest BCUT2D eigenvalue weighted by Crippen LogP contribution is 2.17. The van der Waals surface area contributed by atoms with Crippen LogP contribution in [0.25, 0.3) is 6.08 Å². The highest BCUT2D eigenvalue weighted by molar-refractivity contribution is 5.83. The van der Waals surface area contributed by atoms with E-state index < -0.39 is 42.3 Å². The Morgan fingerprint density at radius 2 is 1.84 bits per heavy atom. The summed E-state index contributed by atoms with van der Waals surface area (Å²) in [5.74, 6) is -1.95. The van der Waals surface area contributed by atoms with Gasteiger partial charge in [0.15, 0.2) is 0 Å². The molecule has 0 aromatic carbocycles. The highest BCUT2D eigenvalue weighted by Gasteiger charge is 2.21. The van der Waals surface area contributed by atoms with Crippen molar-refractivity contribution < 1.29 is 33.7 Å². The number of pyridine rings is 1.